The molecular weight excluding hydrogens is 388 g/mol. The van der Waals surface area contributed by atoms with Crippen molar-refractivity contribution >= 4 is 15.9 Å². The minimum Gasteiger partial charge on any atom is -0.484 e. The van der Waals surface area contributed by atoms with Crippen LogP contribution in [0, 0.1) is 0 Å². The summed E-state index contributed by atoms with van der Waals surface area (Å²) in [6.45, 7) is 7.18. The van der Waals surface area contributed by atoms with Gasteiger partial charge in [0.25, 0.3) is 5.91 Å². The van der Waals surface area contributed by atoms with E-state index >= 15 is 0 Å². The molecule has 0 spiro atoms. The van der Waals surface area contributed by atoms with Crippen molar-refractivity contribution in [3.8, 4) is 5.75 Å². The van der Waals surface area contributed by atoms with E-state index in [4.69, 9.17) is 4.74 Å². The van der Waals surface area contributed by atoms with Crippen LogP contribution in [0.2, 0.25) is 0 Å². The van der Waals surface area contributed by atoms with Crippen LogP contribution >= 0.6 is 0 Å². The second-order valence-electron chi connectivity index (χ2n) is 8.11. The Bertz CT molecular complexity index is 889. The van der Waals surface area contributed by atoms with Crippen LogP contribution in [-0.4, -0.2) is 32.5 Å². The fraction of sp³-hybridized carbons (Fsp3) is 0.409. The summed E-state index contributed by atoms with van der Waals surface area (Å²) in [5.41, 5.74) is 0.671. The number of nitrogens with one attached hydrogen (secondary N) is 2. The van der Waals surface area contributed by atoms with Crippen LogP contribution in [0.4, 0.5) is 0 Å². The highest BCUT2D eigenvalue weighted by atomic mass is 32.2. The molecule has 0 bridgehead atoms. The van der Waals surface area contributed by atoms with Crippen molar-refractivity contribution in [1.29, 1.82) is 0 Å². The molecule has 1 amide bonds. The van der Waals surface area contributed by atoms with Gasteiger partial charge in [-0.05, 0) is 70.4 Å². The quantitative estimate of drug-likeness (QED) is 0.655. The highest BCUT2D eigenvalue weighted by molar-refractivity contribution is 7.89. The number of rotatable bonds is 9. The van der Waals surface area contributed by atoms with E-state index in [1.54, 1.807) is 32.9 Å². The van der Waals surface area contributed by atoms with E-state index in [0.717, 1.165) is 12.8 Å². The molecule has 0 aliphatic rings. The first-order valence-electron chi connectivity index (χ1n) is 9.65. The minimum absolute atomic E-state index is 0.0299. The number of carbonyl (C=O) groups is 1. The van der Waals surface area contributed by atoms with E-state index in [2.05, 4.69) is 22.2 Å². The SMILES string of the molecule is C[C@H](CCc1ccccc1)NC(=O)COc1ccc(S(=O)(=O)NC(C)(C)C)cc1. The lowest BCUT2D eigenvalue weighted by atomic mass is 10.1. The molecule has 6 nitrogen and oxygen atoms in total. The Kier molecular flexibility index (Phi) is 7.81. The molecule has 0 saturated heterocycles. The zero-order chi connectivity index (χ0) is 21.5. The summed E-state index contributed by atoms with van der Waals surface area (Å²) in [7, 11) is -3.60. The Balaban J connectivity index is 1.79. The molecule has 0 fully saturated rings. The first-order chi connectivity index (χ1) is 13.5. The van der Waals surface area contributed by atoms with Crippen molar-refractivity contribution in [2.75, 3.05) is 6.61 Å². The molecule has 1 atom stereocenters. The van der Waals surface area contributed by atoms with Crippen molar-refractivity contribution in [2.24, 2.45) is 0 Å². The van der Waals surface area contributed by atoms with Crippen LogP contribution < -0.4 is 14.8 Å². The van der Waals surface area contributed by atoms with Crippen molar-refractivity contribution in [2.45, 2.75) is 57.0 Å². The molecule has 2 N–H and O–H groups in total. The number of ether oxygens (including phenoxy) is 1. The maximum atomic E-state index is 12.3. The molecule has 0 aliphatic heterocycles. The highest BCUT2D eigenvalue weighted by Crippen LogP contribution is 2.17. The van der Waals surface area contributed by atoms with Gasteiger partial charge in [0, 0.05) is 11.6 Å². The highest BCUT2D eigenvalue weighted by Gasteiger charge is 2.21. The third kappa shape index (κ3) is 8.25. The van der Waals surface area contributed by atoms with Gasteiger partial charge in [0.1, 0.15) is 5.75 Å². The molecule has 0 aliphatic carbocycles. The van der Waals surface area contributed by atoms with Crippen molar-refractivity contribution in [3.63, 3.8) is 0 Å². The van der Waals surface area contributed by atoms with Gasteiger partial charge < -0.3 is 10.1 Å². The first-order valence-corrected chi connectivity index (χ1v) is 11.1. The van der Waals surface area contributed by atoms with Crippen LogP contribution in [0.15, 0.2) is 59.5 Å². The smallest absolute Gasteiger partial charge is 0.258 e. The van der Waals surface area contributed by atoms with Crippen molar-refractivity contribution in [1.82, 2.24) is 10.0 Å². The summed E-state index contributed by atoms with van der Waals surface area (Å²) in [4.78, 5) is 12.2. The molecule has 2 aromatic rings. The lowest BCUT2D eigenvalue weighted by Crippen LogP contribution is -2.40. The number of amides is 1. The number of carbonyl (C=O) groups excluding carboxylic acids is 1. The molecule has 2 rings (SSSR count). The Morgan fingerprint density at radius 2 is 1.66 bits per heavy atom. The minimum atomic E-state index is -3.60. The van der Waals surface area contributed by atoms with Crippen molar-refractivity contribution < 1.29 is 17.9 Å². The van der Waals surface area contributed by atoms with Crippen molar-refractivity contribution in [3.05, 3.63) is 60.2 Å². The Hall–Kier alpha value is -2.38. The molecule has 0 unspecified atom stereocenters. The van der Waals surface area contributed by atoms with Gasteiger partial charge >= 0.3 is 0 Å². The second kappa shape index (κ2) is 9.89. The molecule has 0 heterocycles. The Labute approximate surface area is 173 Å². The predicted molar refractivity (Wildman–Crippen MR) is 114 cm³/mol. The normalized spacial score (nSPS) is 13.0. The molecule has 7 heteroatoms. The molecule has 158 valence electrons. The summed E-state index contributed by atoms with van der Waals surface area (Å²) in [5, 5.41) is 2.91. The lowest BCUT2D eigenvalue weighted by Gasteiger charge is -2.20. The Morgan fingerprint density at radius 3 is 2.24 bits per heavy atom. The third-order valence-electron chi connectivity index (χ3n) is 4.06. The molecule has 0 radical (unpaired) electrons. The van der Waals surface area contributed by atoms with E-state index in [-0.39, 0.29) is 23.5 Å². The van der Waals surface area contributed by atoms with E-state index in [0.29, 0.717) is 5.75 Å². The fourth-order valence-corrected chi connectivity index (χ4v) is 4.16. The van der Waals surface area contributed by atoms with Gasteiger partial charge in [0.15, 0.2) is 6.61 Å². The number of hydrogen-bond acceptors (Lipinski definition) is 4. The Morgan fingerprint density at radius 1 is 1.03 bits per heavy atom. The average molecular weight is 419 g/mol. The lowest BCUT2D eigenvalue weighted by molar-refractivity contribution is -0.123. The zero-order valence-electron chi connectivity index (χ0n) is 17.4. The summed E-state index contributed by atoms with van der Waals surface area (Å²) in [6.07, 6.45) is 1.73. The van der Waals surface area contributed by atoms with Gasteiger partial charge in [-0.25, -0.2) is 13.1 Å². The summed E-state index contributed by atoms with van der Waals surface area (Å²) in [6, 6.07) is 16.2. The monoisotopic (exact) mass is 418 g/mol. The van der Waals surface area contributed by atoms with Gasteiger partial charge in [0.2, 0.25) is 10.0 Å². The fourth-order valence-electron chi connectivity index (χ4n) is 2.74. The number of hydrogen-bond donors (Lipinski definition) is 2. The summed E-state index contributed by atoms with van der Waals surface area (Å²) >= 11 is 0. The van der Waals surface area contributed by atoms with Crippen LogP contribution in [0.25, 0.3) is 0 Å². The average Bonchev–Trinajstić information content (AvgIpc) is 2.64. The molecule has 0 saturated carbocycles. The maximum absolute atomic E-state index is 12.3. The first kappa shape index (κ1) is 22.9. The number of benzene rings is 2. The van der Waals surface area contributed by atoms with Gasteiger partial charge in [0.05, 0.1) is 4.90 Å². The van der Waals surface area contributed by atoms with Gasteiger partial charge in [-0.1, -0.05) is 30.3 Å². The zero-order valence-corrected chi connectivity index (χ0v) is 18.3. The van der Waals surface area contributed by atoms with Gasteiger partial charge in [-0.15, -0.1) is 0 Å². The van der Waals surface area contributed by atoms with E-state index in [1.165, 1.54) is 17.7 Å². The van der Waals surface area contributed by atoms with Gasteiger partial charge in [-0.3, -0.25) is 4.79 Å². The van der Waals surface area contributed by atoms with Gasteiger partial charge in [-0.2, -0.15) is 0 Å². The van der Waals surface area contributed by atoms with Crippen LogP contribution in [0.5, 0.6) is 5.75 Å². The second-order valence-corrected chi connectivity index (χ2v) is 9.79. The molecule has 0 aromatic heterocycles. The topological polar surface area (TPSA) is 84.5 Å². The van der Waals surface area contributed by atoms with Crippen LogP contribution in [0.3, 0.4) is 0 Å². The predicted octanol–water partition coefficient (Wildman–Crippen LogP) is 3.28. The van der Waals surface area contributed by atoms with E-state index < -0.39 is 15.6 Å². The van der Waals surface area contributed by atoms with E-state index in [9.17, 15) is 13.2 Å². The number of aryl methyl sites for hydroxylation is 1. The largest absolute Gasteiger partial charge is 0.484 e. The summed E-state index contributed by atoms with van der Waals surface area (Å²) in [5.74, 6) is 0.225. The van der Waals surface area contributed by atoms with Crippen LogP contribution in [-0.2, 0) is 21.2 Å². The standard InChI is InChI=1S/C22H30N2O4S/c1-17(10-11-18-8-6-5-7-9-18)23-21(25)16-28-19-12-14-20(15-13-19)29(26,27)24-22(2,3)4/h5-9,12-15,17,24H,10-11,16H2,1-4H3,(H,23,25)/t17-/m1/s1. The number of sulfonamides is 1. The molecule has 29 heavy (non-hydrogen) atoms. The molecular formula is C22H30N2O4S. The maximum Gasteiger partial charge on any atom is 0.258 e. The van der Waals surface area contributed by atoms with E-state index in [1.807, 2.05) is 25.1 Å². The third-order valence-corrected chi connectivity index (χ3v) is 5.83. The summed E-state index contributed by atoms with van der Waals surface area (Å²) < 4.78 is 32.7. The van der Waals surface area contributed by atoms with Crippen LogP contribution in [0.1, 0.15) is 39.7 Å². The molecule has 2 aromatic carbocycles.